The lowest BCUT2D eigenvalue weighted by Crippen LogP contribution is -2.07. The minimum absolute atomic E-state index is 0.0123. The molecule has 0 saturated heterocycles. The number of para-hydroxylation sites is 1. The second kappa shape index (κ2) is 6.54. The van der Waals surface area contributed by atoms with Crippen molar-refractivity contribution >= 4 is 0 Å². The molecule has 2 rings (SSSR count). The SMILES string of the molecule is COc1ccc(C(C)N)cc1COc1c(F)cccc1F. The van der Waals surface area contributed by atoms with Gasteiger partial charge < -0.3 is 15.2 Å². The molecule has 0 fully saturated rings. The summed E-state index contributed by atoms with van der Waals surface area (Å²) in [6.45, 7) is 1.84. The van der Waals surface area contributed by atoms with Gasteiger partial charge in [0.15, 0.2) is 17.4 Å². The van der Waals surface area contributed by atoms with E-state index in [0.29, 0.717) is 11.3 Å². The maximum absolute atomic E-state index is 13.5. The zero-order chi connectivity index (χ0) is 15.4. The van der Waals surface area contributed by atoms with Crippen LogP contribution in [0.5, 0.6) is 11.5 Å². The molecule has 3 nitrogen and oxygen atoms in total. The molecular formula is C16H17F2NO2. The highest BCUT2D eigenvalue weighted by Crippen LogP contribution is 2.26. The Balaban J connectivity index is 2.24. The van der Waals surface area contributed by atoms with Crippen molar-refractivity contribution in [1.29, 1.82) is 0 Å². The van der Waals surface area contributed by atoms with Crippen LogP contribution in [0.4, 0.5) is 8.78 Å². The normalized spacial score (nSPS) is 12.0. The van der Waals surface area contributed by atoms with E-state index in [1.54, 1.807) is 6.07 Å². The molecule has 0 aliphatic rings. The van der Waals surface area contributed by atoms with Gasteiger partial charge in [-0.1, -0.05) is 12.1 Å². The molecule has 5 heteroatoms. The summed E-state index contributed by atoms with van der Waals surface area (Å²) in [5, 5.41) is 0. The van der Waals surface area contributed by atoms with E-state index in [1.165, 1.54) is 13.2 Å². The standard InChI is InChI=1S/C16H17F2NO2/c1-10(19)11-6-7-15(20-2)12(8-11)9-21-16-13(17)4-3-5-14(16)18/h3-8,10H,9,19H2,1-2H3. The number of halogens is 2. The van der Waals surface area contributed by atoms with Crippen molar-refractivity contribution in [3.8, 4) is 11.5 Å². The summed E-state index contributed by atoms with van der Waals surface area (Å²) >= 11 is 0. The minimum Gasteiger partial charge on any atom is -0.496 e. The predicted molar refractivity (Wildman–Crippen MR) is 76.3 cm³/mol. The molecular weight excluding hydrogens is 276 g/mol. The highest BCUT2D eigenvalue weighted by Gasteiger charge is 2.12. The summed E-state index contributed by atoms with van der Waals surface area (Å²) in [6.07, 6.45) is 0. The number of hydrogen-bond donors (Lipinski definition) is 1. The first-order valence-corrected chi connectivity index (χ1v) is 6.52. The lowest BCUT2D eigenvalue weighted by Gasteiger charge is -2.14. The van der Waals surface area contributed by atoms with Crippen molar-refractivity contribution in [3.63, 3.8) is 0 Å². The average molecular weight is 293 g/mol. The monoisotopic (exact) mass is 293 g/mol. The van der Waals surface area contributed by atoms with Crippen LogP contribution in [0.2, 0.25) is 0 Å². The summed E-state index contributed by atoms with van der Waals surface area (Å²) in [5.74, 6) is -1.29. The zero-order valence-electron chi connectivity index (χ0n) is 11.9. The molecule has 0 saturated carbocycles. The first-order chi connectivity index (χ1) is 10.0. The molecule has 0 spiro atoms. The Kier molecular flexibility index (Phi) is 4.75. The topological polar surface area (TPSA) is 44.5 Å². The van der Waals surface area contributed by atoms with E-state index < -0.39 is 17.4 Å². The van der Waals surface area contributed by atoms with Crippen molar-refractivity contribution in [2.75, 3.05) is 7.11 Å². The molecule has 0 bridgehead atoms. The van der Waals surface area contributed by atoms with Crippen LogP contribution in [0, 0.1) is 11.6 Å². The molecule has 21 heavy (non-hydrogen) atoms. The second-order valence-corrected chi connectivity index (χ2v) is 4.70. The molecule has 2 aromatic rings. The highest BCUT2D eigenvalue weighted by atomic mass is 19.1. The first-order valence-electron chi connectivity index (χ1n) is 6.52. The Morgan fingerprint density at radius 2 is 1.81 bits per heavy atom. The molecule has 2 N–H and O–H groups in total. The molecule has 0 amide bonds. The molecule has 0 aliphatic carbocycles. The summed E-state index contributed by atoms with van der Waals surface area (Å²) in [5.41, 5.74) is 7.40. The van der Waals surface area contributed by atoms with E-state index in [2.05, 4.69) is 0 Å². The quantitative estimate of drug-likeness (QED) is 0.916. The average Bonchev–Trinajstić information content (AvgIpc) is 2.46. The van der Waals surface area contributed by atoms with Gasteiger partial charge in [-0.2, -0.15) is 0 Å². The van der Waals surface area contributed by atoms with E-state index in [0.717, 1.165) is 17.7 Å². The van der Waals surface area contributed by atoms with Crippen LogP contribution in [-0.4, -0.2) is 7.11 Å². The molecule has 112 valence electrons. The lowest BCUT2D eigenvalue weighted by atomic mass is 10.1. The fourth-order valence-corrected chi connectivity index (χ4v) is 1.96. The van der Waals surface area contributed by atoms with Crippen molar-refractivity contribution in [1.82, 2.24) is 0 Å². The molecule has 0 aliphatic heterocycles. The fraction of sp³-hybridized carbons (Fsp3) is 0.250. The van der Waals surface area contributed by atoms with Crippen molar-refractivity contribution < 1.29 is 18.3 Å². The van der Waals surface area contributed by atoms with Crippen LogP contribution in [0.15, 0.2) is 36.4 Å². The number of ether oxygens (including phenoxy) is 2. The Bertz CT molecular complexity index is 609. The fourth-order valence-electron chi connectivity index (χ4n) is 1.96. The molecule has 0 heterocycles. The summed E-state index contributed by atoms with van der Waals surface area (Å²) in [4.78, 5) is 0. The number of hydrogen-bond acceptors (Lipinski definition) is 3. The highest BCUT2D eigenvalue weighted by molar-refractivity contribution is 5.38. The largest absolute Gasteiger partial charge is 0.496 e. The van der Waals surface area contributed by atoms with Crippen molar-refractivity contribution in [2.45, 2.75) is 19.6 Å². The van der Waals surface area contributed by atoms with Crippen LogP contribution < -0.4 is 15.2 Å². The molecule has 0 radical (unpaired) electrons. The Morgan fingerprint density at radius 1 is 1.14 bits per heavy atom. The van der Waals surface area contributed by atoms with Crippen LogP contribution in [0.1, 0.15) is 24.1 Å². The Hall–Kier alpha value is -2.14. The number of methoxy groups -OCH3 is 1. The van der Waals surface area contributed by atoms with Gasteiger partial charge in [-0.3, -0.25) is 0 Å². The molecule has 2 aromatic carbocycles. The first kappa shape index (κ1) is 15.3. The van der Waals surface area contributed by atoms with E-state index in [-0.39, 0.29) is 12.6 Å². The van der Waals surface area contributed by atoms with E-state index in [4.69, 9.17) is 15.2 Å². The van der Waals surface area contributed by atoms with Gasteiger partial charge in [0.1, 0.15) is 12.4 Å². The van der Waals surface area contributed by atoms with Gasteiger partial charge in [-0.05, 0) is 36.8 Å². The van der Waals surface area contributed by atoms with Gasteiger partial charge in [-0.15, -0.1) is 0 Å². The van der Waals surface area contributed by atoms with Gasteiger partial charge in [-0.25, -0.2) is 8.78 Å². The number of benzene rings is 2. The summed E-state index contributed by atoms with van der Waals surface area (Å²) < 4.78 is 37.5. The third-order valence-electron chi connectivity index (χ3n) is 3.12. The maximum atomic E-state index is 13.5. The second-order valence-electron chi connectivity index (χ2n) is 4.70. The van der Waals surface area contributed by atoms with Gasteiger partial charge >= 0.3 is 0 Å². The van der Waals surface area contributed by atoms with E-state index >= 15 is 0 Å². The van der Waals surface area contributed by atoms with Crippen molar-refractivity contribution in [3.05, 3.63) is 59.2 Å². The van der Waals surface area contributed by atoms with Crippen LogP contribution in [-0.2, 0) is 6.61 Å². The number of rotatable bonds is 5. The van der Waals surface area contributed by atoms with Gasteiger partial charge in [0.05, 0.1) is 7.11 Å². The summed E-state index contributed by atoms with van der Waals surface area (Å²) in [7, 11) is 1.52. The van der Waals surface area contributed by atoms with Crippen LogP contribution >= 0.6 is 0 Å². The zero-order valence-corrected chi connectivity index (χ0v) is 11.9. The van der Waals surface area contributed by atoms with Crippen LogP contribution in [0.3, 0.4) is 0 Å². The smallest absolute Gasteiger partial charge is 0.191 e. The van der Waals surface area contributed by atoms with Gasteiger partial charge in [0.25, 0.3) is 0 Å². The Labute approximate surface area is 122 Å². The Morgan fingerprint density at radius 3 is 2.38 bits per heavy atom. The predicted octanol–water partition coefficient (Wildman–Crippen LogP) is 3.57. The lowest BCUT2D eigenvalue weighted by molar-refractivity contribution is 0.268. The maximum Gasteiger partial charge on any atom is 0.191 e. The van der Waals surface area contributed by atoms with E-state index in [1.807, 2.05) is 19.1 Å². The molecule has 0 aromatic heterocycles. The molecule has 1 unspecified atom stereocenters. The number of nitrogens with two attached hydrogens (primary N) is 1. The van der Waals surface area contributed by atoms with Crippen LogP contribution in [0.25, 0.3) is 0 Å². The minimum atomic E-state index is -0.739. The third-order valence-corrected chi connectivity index (χ3v) is 3.12. The van der Waals surface area contributed by atoms with Gasteiger partial charge in [0, 0.05) is 11.6 Å². The van der Waals surface area contributed by atoms with Crippen molar-refractivity contribution in [2.24, 2.45) is 5.73 Å². The van der Waals surface area contributed by atoms with E-state index in [9.17, 15) is 8.78 Å². The van der Waals surface area contributed by atoms with Gasteiger partial charge in [0.2, 0.25) is 0 Å². The third kappa shape index (κ3) is 3.49. The molecule has 1 atom stereocenters. The summed E-state index contributed by atoms with van der Waals surface area (Å²) in [6, 6.07) is 8.84.